The zero-order valence-electron chi connectivity index (χ0n) is 20.6. The van der Waals surface area contributed by atoms with Crippen LogP contribution in [0.25, 0.3) is 27.9 Å². The molecular formula is C29H29ClN6. The number of halogens is 1. The van der Waals surface area contributed by atoms with Gasteiger partial charge in [0.1, 0.15) is 0 Å². The van der Waals surface area contributed by atoms with Gasteiger partial charge in [-0.3, -0.25) is 4.90 Å². The van der Waals surface area contributed by atoms with Crippen LogP contribution in [0, 0.1) is 0 Å². The lowest BCUT2D eigenvalue weighted by atomic mass is 10.0. The molecule has 7 heteroatoms. The van der Waals surface area contributed by atoms with Crippen molar-refractivity contribution in [2.24, 2.45) is 0 Å². The van der Waals surface area contributed by atoms with Gasteiger partial charge in [0.25, 0.3) is 0 Å². The number of aromatic nitrogens is 4. The molecule has 0 atom stereocenters. The first-order chi connectivity index (χ1) is 17.6. The predicted molar refractivity (Wildman–Crippen MR) is 147 cm³/mol. The van der Waals surface area contributed by atoms with E-state index in [0.29, 0.717) is 10.9 Å². The number of fused-ring (bicyclic) bond motifs is 3. The Balaban J connectivity index is 1.30. The van der Waals surface area contributed by atoms with Gasteiger partial charge in [0.2, 0.25) is 5.95 Å². The van der Waals surface area contributed by atoms with E-state index in [1.165, 1.54) is 11.1 Å². The topological polar surface area (TPSA) is 49.6 Å². The molecule has 6 nitrogen and oxygen atoms in total. The molecule has 1 saturated heterocycles. The van der Waals surface area contributed by atoms with E-state index in [0.717, 1.165) is 66.6 Å². The number of anilines is 1. The predicted octanol–water partition coefficient (Wildman–Crippen LogP) is 6.04. The van der Waals surface area contributed by atoms with Crippen LogP contribution in [0.2, 0.25) is 5.02 Å². The lowest BCUT2D eigenvalue weighted by Crippen LogP contribution is -2.46. The van der Waals surface area contributed by atoms with Crippen molar-refractivity contribution in [3.8, 4) is 11.4 Å². The van der Waals surface area contributed by atoms with Crippen molar-refractivity contribution >= 4 is 34.1 Å². The number of piperazine rings is 1. The number of benzene rings is 3. The fraction of sp³-hybridized carbons (Fsp3) is 0.276. The van der Waals surface area contributed by atoms with Crippen molar-refractivity contribution in [1.82, 2.24) is 24.5 Å². The number of hydrogen-bond donors (Lipinski definition) is 0. The molecule has 36 heavy (non-hydrogen) atoms. The van der Waals surface area contributed by atoms with Gasteiger partial charge >= 0.3 is 0 Å². The molecule has 0 radical (unpaired) electrons. The number of hydrogen-bond acceptors (Lipinski definition) is 5. The standard InChI is InChI=1S/C29H29ClN6/c1-20(2)22-9-7-21(8-10-22)19-34-15-17-35(18-16-34)29-31-26-6-4-3-5-25(26)28-33-32-27(36(28)29)23-11-13-24(30)14-12-23/h3-14,20H,15-19H2,1-2H3. The molecular weight excluding hydrogens is 468 g/mol. The Kier molecular flexibility index (Phi) is 6.07. The first-order valence-electron chi connectivity index (χ1n) is 12.5. The number of nitrogens with zero attached hydrogens (tertiary/aromatic N) is 6. The maximum Gasteiger partial charge on any atom is 0.213 e. The summed E-state index contributed by atoms with van der Waals surface area (Å²) in [6.07, 6.45) is 0. The van der Waals surface area contributed by atoms with Crippen molar-refractivity contribution in [2.75, 3.05) is 31.1 Å². The molecule has 5 aromatic rings. The zero-order valence-corrected chi connectivity index (χ0v) is 21.4. The van der Waals surface area contributed by atoms with Gasteiger partial charge in [-0.25, -0.2) is 9.38 Å². The van der Waals surface area contributed by atoms with Gasteiger partial charge in [0.05, 0.1) is 5.52 Å². The van der Waals surface area contributed by atoms with Crippen LogP contribution in [-0.4, -0.2) is 50.7 Å². The van der Waals surface area contributed by atoms with E-state index in [9.17, 15) is 0 Å². The molecule has 2 aromatic heterocycles. The first kappa shape index (κ1) is 23.0. The molecule has 0 amide bonds. The largest absolute Gasteiger partial charge is 0.339 e. The summed E-state index contributed by atoms with van der Waals surface area (Å²) in [5.74, 6) is 2.23. The van der Waals surface area contributed by atoms with Gasteiger partial charge in [-0.1, -0.05) is 61.8 Å². The van der Waals surface area contributed by atoms with E-state index >= 15 is 0 Å². The molecule has 0 aliphatic carbocycles. The second-order valence-corrected chi connectivity index (χ2v) is 10.2. The Morgan fingerprint density at radius 2 is 1.56 bits per heavy atom. The molecule has 0 bridgehead atoms. The Morgan fingerprint density at radius 3 is 2.28 bits per heavy atom. The molecule has 1 aliphatic heterocycles. The molecule has 3 aromatic carbocycles. The van der Waals surface area contributed by atoms with Crippen LogP contribution >= 0.6 is 11.6 Å². The second kappa shape index (κ2) is 9.52. The molecule has 3 heterocycles. The molecule has 0 unspecified atom stereocenters. The van der Waals surface area contributed by atoms with Crippen LogP contribution in [0.3, 0.4) is 0 Å². The van der Waals surface area contributed by atoms with Gasteiger partial charge in [-0.05, 0) is 53.4 Å². The third kappa shape index (κ3) is 4.31. The fourth-order valence-electron chi connectivity index (χ4n) is 4.94. The van der Waals surface area contributed by atoms with Crippen LogP contribution < -0.4 is 4.90 Å². The molecule has 6 rings (SSSR count). The smallest absolute Gasteiger partial charge is 0.213 e. The Labute approximate surface area is 216 Å². The summed E-state index contributed by atoms with van der Waals surface area (Å²) in [6.45, 7) is 9.17. The molecule has 182 valence electrons. The van der Waals surface area contributed by atoms with E-state index in [2.05, 4.69) is 68.6 Å². The van der Waals surface area contributed by atoms with Crippen molar-refractivity contribution in [1.29, 1.82) is 0 Å². The summed E-state index contributed by atoms with van der Waals surface area (Å²) in [5, 5.41) is 10.9. The Bertz CT molecular complexity index is 1500. The molecule has 1 aliphatic rings. The van der Waals surface area contributed by atoms with Crippen LogP contribution in [0.15, 0.2) is 72.8 Å². The third-order valence-corrected chi connectivity index (χ3v) is 7.29. The van der Waals surface area contributed by atoms with Gasteiger partial charge in [-0.15, -0.1) is 10.2 Å². The minimum atomic E-state index is 0.560. The minimum Gasteiger partial charge on any atom is -0.339 e. The zero-order chi connectivity index (χ0) is 24.6. The summed E-state index contributed by atoms with van der Waals surface area (Å²) in [4.78, 5) is 9.98. The maximum atomic E-state index is 6.15. The minimum absolute atomic E-state index is 0.560. The lowest BCUT2D eigenvalue weighted by Gasteiger charge is -2.35. The molecule has 0 spiro atoms. The Morgan fingerprint density at radius 1 is 0.833 bits per heavy atom. The Hall–Kier alpha value is -3.48. The van der Waals surface area contributed by atoms with Gasteiger partial charge in [0, 0.05) is 48.7 Å². The monoisotopic (exact) mass is 496 g/mol. The molecule has 1 fully saturated rings. The van der Waals surface area contributed by atoms with E-state index in [4.69, 9.17) is 16.6 Å². The number of para-hydroxylation sites is 1. The third-order valence-electron chi connectivity index (χ3n) is 7.04. The first-order valence-corrected chi connectivity index (χ1v) is 12.9. The van der Waals surface area contributed by atoms with Crippen LogP contribution in [0.4, 0.5) is 5.95 Å². The van der Waals surface area contributed by atoms with E-state index in [1.807, 2.05) is 42.5 Å². The van der Waals surface area contributed by atoms with Crippen molar-refractivity contribution in [3.63, 3.8) is 0 Å². The van der Waals surface area contributed by atoms with Crippen molar-refractivity contribution < 1.29 is 0 Å². The average Bonchev–Trinajstić information content (AvgIpc) is 3.35. The highest BCUT2D eigenvalue weighted by Gasteiger charge is 2.24. The highest BCUT2D eigenvalue weighted by molar-refractivity contribution is 6.30. The highest BCUT2D eigenvalue weighted by atomic mass is 35.5. The molecule has 0 N–H and O–H groups in total. The van der Waals surface area contributed by atoms with Gasteiger partial charge < -0.3 is 4.90 Å². The number of rotatable bonds is 5. The average molecular weight is 497 g/mol. The lowest BCUT2D eigenvalue weighted by molar-refractivity contribution is 0.248. The van der Waals surface area contributed by atoms with Gasteiger partial charge in [-0.2, -0.15) is 0 Å². The van der Waals surface area contributed by atoms with Crippen molar-refractivity contribution in [2.45, 2.75) is 26.3 Å². The van der Waals surface area contributed by atoms with Crippen molar-refractivity contribution in [3.05, 3.63) is 88.9 Å². The van der Waals surface area contributed by atoms with Crippen LogP contribution in [0.1, 0.15) is 30.9 Å². The SMILES string of the molecule is CC(C)c1ccc(CN2CCN(c3nc4ccccc4c4nnc(-c5ccc(Cl)cc5)n34)CC2)cc1. The van der Waals surface area contributed by atoms with E-state index in [-0.39, 0.29) is 0 Å². The maximum absolute atomic E-state index is 6.15. The summed E-state index contributed by atoms with van der Waals surface area (Å²) < 4.78 is 2.10. The van der Waals surface area contributed by atoms with E-state index < -0.39 is 0 Å². The summed E-state index contributed by atoms with van der Waals surface area (Å²) in [6, 6.07) is 25.0. The summed E-state index contributed by atoms with van der Waals surface area (Å²) >= 11 is 6.15. The summed E-state index contributed by atoms with van der Waals surface area (Å²) in [7, 11) is 0. The van der Waals surface area contributed by atoms with Gasteiger partial charge in [0.15, 0.2) is 11.5 Å². The van der Waals surface area contributed by atoms with E-state index in [1.54, 1.807) is 0 Å². The normalized spacial score (nSPS) is 14.8. The fourth-order valence-corrected chi connectivity index (χ4v) is 5.06. The second-order valence-electron chi connectivity index (χ2n) is 9.78. The van der Waals surface area contributed by atoms with Crippen LogP contribution in [0.5, 0.6) is 0 Å². The molecule has 0 saturated carbocycles. The summed E-state index contributed by atoms with van der Waals surface area (Å²) in [5.41, 5.74) is 5.48. The van der Waals surface area contributed by atoms with Crippen LogP contribution in [-0.2, 0) is 6.54 Å². The highest BCUT2D eigenvalue weighted by Crippen LogP contribution is 2.29. The quantitative estimate of drug-likeness (QED) is 0.297.